The van der Waals surface area contributed by atoms with Gasteiger partial charge >= 0.3 is 0 Å². The maximum absolute atomic E-state index is 9.70. The van der Waals surface area contributed by atoms with Crippen LogP contribution in [0.5, 0.6) is 5.75 Å². The first-order valence-corrected chi connectivity index (χ1v) is 5.69. The Balaban J connectivity index is 2.67. The Hall–Kier alpha value is -1.10. The van der Waals surface area contributed by atoms with Gasteiger partial charge in [-0.1, -0.05) is 18.2 Å². The van der Waals surface area contributed by atoms with Crippen LogP contribution in [0.3, 0.4) is 0 Å². The van der Waals surface area contributed by atoms with E-state index in [-0.39, 0.29) is 12.6 Å². The number of para-hydroxylation sites is 1. The van der Waals surface area contributed by atoms with E-state index < -0.39 is 5.60 Å². The Kier molecular flexibility index (Phi) is 4.93. The molecule has 0 heterocycles. The van der Waals surface area contributed by atoms with Gasteiger partial charge in [-0.15, -0.1) is 0 Å². The molecule has 0 aliphatic heterocycles. The number of benzene rings is 1. The van der Waals surface area contributed by atoms with Crippen molar-refractivity contribution in [3.05, 3.63) is 29.8 Å². The third-order valence-electron chi connectivity index (χ3n) is 2.74. The van der Waals surface area contributed by atoms with Gasteiger partial charge in [0.1, 0.15) is 5.75 Å². The summed E-state index contributed by atoms with van der Waals surface area (Å²) in [6.45, 7) is 3.64. The average Bonchev–Trinajstić information content (AvgIpc) is 2.36. The van der Waals surface area contributed by atoms with Crippen molar-refractivity contribution in [1.29, 1.82) is 0 Å². The molecule has 0 bridgehead atoms. The summed E-state index contributed by atoms with van der Waals surface area (Å²) in [7, 11) is 1.63. The van der Waals surface area contributed by atoms with E-state index >= 15 is 0 Å². The van der Waals surface area contributed by atoms with Crippen molar-refractivity contribution in [3.8, 4) is 5.75 Å². The van der Waals surface area contributed by atoms with Crippen LogP contribution in [0.1, 0.15) is 25.5 Å². The number of hydrogen-bond acceptors (Lipinski definition) is 4. The minimum Gasteiger partial charge on any atom is -0.496 e. The van der Waals surface area contributed by atoms with Gasteiger partial charge in [0.25, 0.3) is 0 Å². The molecular weight excluding hydrogens is 218 g/mol. The molecule has 2 unspecified atom stereocenters. The van der Waals surface area contributed by atoms with Gasteiger partial charge in [0.2, 0.25) is 0 Å². The highest BCUT2D eigenvalue weighted by Gasteiger charge is 2.20. The first-order chi connectivity index (χ1) is 8.00. The van der Waals surface area contributed by atoms with E-state index in [0.29, 0.717) is 6.54 Å². The van der Waals surface area contributed by atoms with Crippen molar-refractivity contribution in [1.82, 2.24) is 5.32 Å². The lowest BCUT2D eigenvalue weighted by Gasteiger charge is -2.24. The van der Waals surface area contributed by atoms with Gasteiger partial charge in [0.15, 0.2) is 0 Å². The van der Waals surface area contributed by atoms with Crippen LogP contribution in [0.4, 0.5) is 0 Å². The molecule has 0 saturated carbocycles. The van der Waals surface area contributed by atoms with Gasteiger partial charge in [-0.25, -0.2) is 0 Å². The first-order valence-electron chi connectivity index (χ1n) is 5.69. The molecule has 0 radical (unpaired) electrons. The Morgan fingerprint density at radius 1 is 1.41 bits per heavy atom. The molecule has 1 aromatic rings. The SMILES string of the molecule is COc1ccccc1C(C)NCC(C)(O)CO. The molecule has 0 aliphatic rings. The number of rotatable bonds is 6. The molecule has 1 rings (SSSR count). The van der Waals surface area contributed by atoms with E-state index in [9.17, 15) is 5.11 Å². The lowest BCUT2D eigenvalue weighted by molar-refractivity contribution is 0.00101. The van der Waals surface area contributed by atoms with E-state index in [1.54, 1.807) is 14.0 Å². The summed E-state index contributed by atoms with van der Waals surface area (Å²) in [5, 5.41) is 21.8. The normalized spacial score (nSPS) is 16.3. The van der Waals surface area contributed by atoms with Gasteiger partial charge in [0, 0.05) is 18.2 Å². The number of ether oxygens (including phenoxy) is 1. The second-order valence-electron chi connectivity index (χ2n) is 4.50. The smallest absolute Gasteiger partial charge is 0.123 e. The third kappa shape index (κ3) is 4.00. The Bertz CT molecular complexity index is 352. The fourth-order valence-electron chi connectivity index (χ4n) is 1.56. The van der Waals surface area contributed by atoms with Crippen molar-refractivity contribution in [2.24, 2.45) is 0 Å². The molecule has 4 nitrogen and oxygen atoms in total. The van der Waals surface area contributed by atoms with Gasteiger partial charge in [-0.3, -0.25) is 0 Å². The van der Waals surface area contributed by atoms with Crippen molar-refractivity contribution >= 4 is 0 Å². The van der Waals surface area contributed by atoms with E-state index in [2.05, 4.69) is 5.32 Å². The maximum atomic E-state index is 9.70. The van der Waals surface area contributed by atoms with Crippen LogP contribution in [0, 0.1) is 0 Å². The molecule has 0 aliphatic carbocycles. The number of methoxy groups -OCH3 is 1. The second kappa shape index (κ2) is 6.00. The average molecular weight is 239 g/mol. The van der Waals surface area contributed by atoms with Crippen molar-refractivity contribution < 1.29 is 14.9 Å². The van der Waals surface area contributed by atoms with Crippen LogP contribution in [0.15, 0.2) is 24.3 Å². The molecule has 4 heteroatoms. The molecule has 0 amide bonds. The molecule has 96 valence electrons. The minimum atomic E-state index is -1.10. The van der Waals surface area contributed by atoms with Gasteiger partial charge < -0.3 is 20.3 Å². The summed E-state index contributed by atoms with van der Waals surface area (Å²) in [6, 6.07) is 7.78. The summed E-state index contributed by atoms with van der Waals surface area (Å²) < 4.78 is 5.27. The zero-order valence-electron chi connectivity index (χ0n) is 10.6. The standard InChI is InChI=1S/C13H21NO3/c1-10(14-8-13(2,16)9-15)11-6-4-5-7-12(11)17-3/h4-7,10,14-16H,8-9H2,1-3H3. The second-order valence-corrected chi connectivity index (χ2v) is 4.50. The van der Waals surface area contributed by atoms with Crippen LogP contribution in [0.2, 0.25) is 0 Å². The lowest BCUT2D eigenvalue weighted by atomic mass is 10.0. The van der Waals surface area contributed by atoms with Crippen LogP contribution >= 0.6 is 0 Å². The van der Waals surface area contributed by atoms with Crippen LogP contribution in [-0.4, -0.2) is 36.1 Å². The van der Waals surface area contributed by atoms with Gasteiger partial charge in [0.05, 0.1) is 19.3 Å². The molecule has 17 heavy (non-hydrogen) atoms. The Labute approximate surface area is 102 Å². The maximum Gasteiger partial charge on any atom is 0.123 e. The zero-order valence-corrected chi connectivity index (χ0v) is 10.6. The minimum absolute atomic E-state index is 0.0455. The summed E-state index contributed by atoms with van der Waals surface area (Å²) in [6.07, 6.45) is 0. The van der Waals surface area contributed by atoms with Crippen molar-refractivity contribution in [2.75, 3.05) is 20.3 Å². The molecule has 3 N–H and O–H groups in total. The topological polar surface area (TPSA) is 61.7 Å². The summed E-state index contributed by atoms with van der Waals surface area (Å²) >= 11 is 0. The lowest BCUT2D eigenvalue weighted by Crippen LogP contribution is -2.41. The molecule has 0 saturated heterocycles. The molecular formula is C13H21NO3. The Morgan fingerprint density at radius 3 is 2.65 bits per heavy atom. The molecule has 0 fully saturated rings. The monoisotopic (exact) mass is 239 g/mol. The fraction of sp³-hybridized carbons (Fsp3) is 0.538. The quantitative estimate of drug-likeness (QED) is 0.695. The predicted molar refractivity (Wildman–Crippen MR) is 67.1 cm³/mol. The van der Waals surface area contributed by atoms with E-state index in [1.807, 2.05) is 31.2 Å². The van der Waals surface area contributed by atoms with Crippen LogP contribution in [-0.2, 0) is 0 Å². The Morgan fingerprint density at radius 2 is 2.06 bits per heavy atom. The number of aliphatic hydroxyl groups excluding tert-OH is 1. The molecule has 0 aromatic heterocycles. The number of aliphatic hydroxyl groups is 2. The van der Waals surface area contributed by atoms with Crippen molar-refractivity contribution in [2.45, 2.75) is 25.5 Å². The molecule has 1 aromatic carbocycles. The van der Waals surface area contributed by atoms with E-state index in [0.717, 1.165) is 11.3 Å². The highest BCUT2D eigenvalue weighted by atomic mass is 16.5. The first kappa shape index (κ1) is 14.0. The molecule has 2 atom stereocenters. The summed E-state index contributed by atoms with van der Waals surface area (Å²) in [4.78, 5) is 0. The number of hydrogen-bond donors (Lipinski definition) is 3. The summed E-state index contributed by atoms with van der Waals surface area (Å²) in [5.74, 6) is 0.816. The van der Waals surface area contributed by atoms with Crippen LogP contribution < -0.4 is 10.1 Å². The van der Waals surface area contributed by atoms with Crippen LogP contribution in [0.25, 0.3) is 0 Å². The van der Waals surface area contributed by atoms with Gasteiger partial charge in [-0.2, -0.15) is 0 Å². The molecule has 0 spiro atoms. The van der Waals surface area contributed by atoms with Crippen molar-refractivity contribution in [3.63, 3.8) is 0 Å². The van der Waals surface area contributed by atoms with E-state index in [1.165, 1.54) is 0 Å². The third-order valence-corrected chi connectivity index (χ3v) is 2.74. The fourth-order valence-corrected chi connectivity index (χ4v) is 1.56. The summed E-state index contributed by atoms with van der Waals surface area (Å²) in [5.41, 5.74) is -0.0697. The number of nitrogens with one attached hydrogen (secondary N) is 1. The largest absolute Gasteiger partial charge is 0.496 e. The highest BCUT2D eigenvalue weighted by Crippen LogP contribution is 2.24. The highest BCUT2D eigenvalue weighted by molar-refractivity contribution is 5.35. The van der Waals surface area contributed by atoms with E-state index in [4.69, 9.17) is 9.84 Å². The predicted octanol–water partition coefficient (Wildman–Crippen LogP) is 1.09. The van der Waals surface area contributed by atoms with Gasteiger partial charge in [-0.05, 0) is 19.9 Å². The zero-order chi connectivity index (χ0) is 12.9.